The number of hydrogen-bond acceptors (Lipinski definition) is 7. The molecule has 168 valence electrons. The molecule has 3 aromatic rings. The number of carbonyl (C=O) groups excluding carboxylic acids is 2. The molecule has 2 aromatic carbocycles. The number of oxazole rings is 1. The molecule has 0 saturated carbocycles. The van der Waals surface area contributed by atoms with Crippen LogP contribution in [0.4, 0.5) is 17.1 Å². The van der Waals surface area contributed by atoms with Gasteiger partial charge in [0.2, 0.25) is 5.91 Å². The molecule has 1 aliphatic rings. The van der Waals surface area contributed by atoms with Gasteiger partial charge in [-0.05, 0) is 30.3 Å². The van der Waals surface area contributed by atoms with Crippen molar-refractivity contribution >= 4 is 39.9 Å². The molecule has 8 nitrogen and oxygen atoms in total. The fourth-order valence-electron chi connectivity index (χ4n) is 3.90. The van der Waals surface area contributed by atoms with Crippen LogP contribution in [0.3, 0.4) is 0 Å². The van der Waals surface area contributed by atoms with Crippen LogP contribution in [0.5, 0.6) is 0 Å². The van der Waals surface area contributed by atoms with Gasteiger partial charge in [-0.25, -0.2) is 4.98 Å². The van der Waals surface area contributed by atoms with E-state index in [0.717, 1.165) is 11.4 Å². The van der Waals surface area contributed by atoms with E-state index in [1.165, 1.54) is 0 Å². The first kappa shape index (κ1) is 22.1. The summed E-state index contributed by atoms with van der Waals surface area (Å²) in [7, 11) is 3.64. The van der Waals surface area contributed by atoms with Crippen molar-refractivity contribution in [2.24, 2.45) is 0 Å². The Labute approximate surface area is 192 Å². The fraction of sp³-hybridized carbons (Fsp3) is 0.280. The summed E-state index contributed by atoms with van der Waals surface area (Å²) in [5.74, 6) is 0.633. The summed E-state index contributed by atoms with van der Waals surface area (Å²) in [5, 5.41) is 12.5. The maximum absolute atomic E-state index is 12.9. The second-order valence-corrected chi connectivity index (χ2v) is 8.28. The van der Waals surface area contributed by atoms with Crippen LogP contribution in [0.1, 0.15) is 38.5 Å². The number of hydrogen-bond donors (Lipinski definition) is 1. The molecular weight excluding hydrogens is 418 g/mol. The van der Waals surface area contributed by atoms with Crippen molar-refractivity contribution in [3.05, 3.63) is 59.7 Å². The third-order valence-electron chi connectivity index (χ3n) is 5.61. The molecule has 2 heterocycles. The van der Waals surface area contributed by atoms with E-state index in [9.17, 15) is 14.9 Å². The van der Waals surface area contributed by atoms with Crippen molar-refractivity contribution < 1.29 is 14.0 Å². The number of nitrogens with one attached hydrogen (secondary N) is 1. The van der Waals surface area contributed by atoms with E-state index in [0.29, 0.717) is 28.5 Å². The van der Waals surface area contributed by atoms with Gasteiger partial charge in [0.05, 0.1) is 11.4 Å². The van der Waals surface area contributed by atoms with Crippen LogP contribution in [-0.4, -0.2) is 30.8 Å². The van der Waals surface area contributed by atoms with E-state index in [1.807, 2.05) is 68.1 Å². The molecule has 0 atom stereocenters. The van der Waals surface area contributed by atoms with Crippen LogP contribution in [0.25, 0.3) is 11.1 Å². The first-order valence-electron chi connectivity index (χ1n) is 10.7. The highest BCUT2D eigenvalue weighted by Gasteiger charge is 2.31. The minimum Gasteiger partial charge on any atom is -0.440 e. The van der Waals surface area contributed by atoms with Crippen LogP contribution < -0.4 is 15.1 Å². The molecule has 33 heavy (non-hydrogen) atoms. The van der Waals surface area contributed by atoms with Gasteiger partial charge < -0.3 is 19.5 Å². The summed E-state index contributed by atoms with van der Waals surface area (Å²) in [6, 6.07) is 15.0. The van der Waals surface area contributed by atoms with Crippen LogP contribution >= 0.6 is 0 Å². The van der Waals surface area contributed by atoms with E-state index in [1.54, 1.807) is 18.2 Å². The van der Waals surface area contributed by atoms with Crippen molar-refractivity contribution in [1.29, 1.82) is 5.26 Å². The lowest BCUT2D eigenvalue weighted by Gasteiger charge is -2.19. The molecule has 8 heteroatoms. The summed E-state index contributed by atoms with van der Waals surface area (Å²) in [5.41, 5.74) is 3.76. The van der Waals surface area contributed by atoms with Crippen LogP contribution in [0.15, 0.2) is 58.3 Å². The molecule has 0 saturated heterocycles. The van der Waals surface area contributed by atoms with Gasteiger partial charge in [-0.15, -0.1) is 0 Å². The van der Waals surface area contributed by atoms with Crippen LogP contribution in [-0.2, 0) is 9.59 Å². The maximum atomic E-state index is 12.9. The number of ketones is 1. The number of amides is 1. The smallest absolute Gasteiger partial charge is 0.224 e. The van der Waals surface area contributed by atoms with E-state index < -0.39 is 0 Å². The Balaban J connectivity index is 1.44. The third kappa shape index (κ3) is 4.17. The van der Waals surface area contributed by atoms with Crippen LogP contribution in [0.2, 0.25) is 0 Å². The van der Waals surface area contributed by atoms with E-state index in [2.05, 4.69) is 10.3 Å². The highest BCUT2D eigenvalue weighted by Crippen LogP contribution is 2.40. The summed E-state index contributed by atoms with van der Waals surface area (Å²) in [4.78, 5) is 33.4. The molecule has 0 spiro atoms. The lowest BCUT2D eigenvalue weighted by Crippen LogP contribution is -2.26. The zero-order chi connectivity index (χ0) is 23.7. The van der Waals surface area contributed by atoms with Crippen LogP contribution in [0, 0.1) is 11.3 Å². The number of aromatic nitrogens is 1. The molecule has 1 amide bonds. The minimum atomic E-state index is -0.373. The van der Waals surface area contributed by atoms with Gasteiger partial charge in [0, 0.05) is 38.5 Å². The Morgan fingerprint density at radius 3 is 2.36 bits per heavy atom. The fourth-order valence-corrected chi connectivity index (χ4v) is 3.90. The molecule has 0 radical (unpaired) electrons. The number of anilines is 3. The zero-order valence-electron chi connectivity index (χ0n) is 19.0. The van der Waals surface area contributed by atoms with Gasteiger partial charge in [0.1, 0.15) is 23.0 Å². The number of para-hydroxylation sites is 2. The summed E-state index contributed by atoms with van der Waals surface area (Å²) >= 11 is 0. The third-order valence-corrected chi connectivity index (χ3v) is 5.61. The number of Topliss-reactive ketones (excluding diaryl/α,β-unsaturated/α-hetero) is 1. The van der Waals surface area contributed by atoms with E-state index in [4.69, 9.17) is 4.42 Å². The van der Waals surface area contributed by atoms with Gasteiger partial charge in [-0.2, -0.15) is 5.26 Å². The van der Waals surface area contributed by atoms with Gasteiger partial charge in [-0.1, -0.05) is 26.0 Å². The summed E-state index contributed by atoms with van der Waals surface area (Å²) in [6.45, 7) is 3.99. The predicted octanol–water partition coefficient (Wildman–Crippen LogP) is 4.56. The number of nitrogens with zero attached hydrogens (tertiary/aromatic N) is 4. The maximum Gasteiger partial charge on any atom is 0.224 e. The average molecular weight is 444 g/mol. The van der Waals surface area contributed by atoms with E-state index >= 15 is 0 Å². The number of rotatable bonds is 6. The Morgan fingerprint density at radius 2 is 1.76 bits per heavy atom. The molecule has 0 fully saturated rings. The Kier molecular flexibility index (Phi) is 5.88. The van der Waals surface area contributed by atoms with Crippen molar-refractivity contribution in [3.8, 4) is 6.07 Å². The molecule has 0 aliphatic carbocycles. The number of allylic oxidation sites excluding steroid dienone is 1. The molecule has 0 bridgehead atoms. The molecular formula is C25H25N5O3. The summed E-state index contributed by atoms with van der Waals surface area (Å²) < 4.78 is 5.68. The predicted molar refractivity (Wildman–Crippen MR) is 127 cm³/mol. The lowest BCUT2D eigenvalue weighted by atomic mass is 10.1. The minimum absolute atomic E-state index is 0.0359. The standard InChI is InChI=1S/C25H25N5O3/c1-15(2)24-28-18-13-16(9-11-22(18)33-24)27-23(32)12-10-21(31)17(14-26)25-29(3)19-7-5-6-8-20(19)30(25)4/h5-9,11,13,15H,10,12H2,1-4H3,(H,27,32). The number of fused-ring (bicyclic) bond motifs is 2. The van der Waals surface area contributed by atoms with Gasteiger partial charge >= 0.3 is 0 Å². The molecule has 1 aliphatic heterocycles. The Morgan fingerprint density at radius 1 is 1.09 bits per heavy atom. The van der Waals surface area contributed by atoms with E-state index in [-0.39, 0.29) is 36.0 Å². The monoisotopic (exact) mass is 443 g/mol. The Bertz CT molecular complexity index is 1280. The normalized spacial score (nSPS) is 12.8. The lowest BCUT2D eigenvalue weighted by molar-refractivity contribution is -0.120. The van der Waals surface area contributed by atoms with Crippen molar-refractivity contribution in [2.45, 2.75) is 32.6 Å². The quantitative estimate of drug-likeness (QED) is 0.440. The molecule has 0 unspecified atom stereocenters. The molecule has 4 rings (SSSR count). The highest BCUT2D eigenvalue weighted by atomic mass is 16.3. The number of benzene rings is 2. The number of nitriles is 1. The second kappa shape index (κ2) is 8.79. The van der Waals surface area contributed by atoms with Crippen molar-refractivity contribution in [3.63, 3.8) is 0 Å². The number of carbonyl (C=O) groups is 2. The zero-order valence-corrected chi connectivity index (χ0v) is 19.0. The first-order valence-corrected chi connectivity index (χ1v) is 10.7. The van der Waals surface area contributed by atoms with Crippen molar-refractivity contribution in [1.82, 2.24) is 4.98 Å². The Hall–Kier alpha value is -4.12. The highest BCUT2D eigenvalue weighted by molar-refractivity contribution is 6.04. The topological polar surface area (TPSA) is 102 Å². The van der Waals surface area contributed by atoms with Gasteiger partial charge in [-0.3, -0.25) is 9.59 Å². The SMILES string of the molecule is CC(C)c1nc2cc(NC(=O)CCC(=O)C(C#N)=C3N(C)c4ccccc4N3C)ccc2o1. The first-order chi connectivity index (χ1) is 15.8. The second-order valence-electron chi connectivity index (χ2n) is 8.28. The largest absolute Gasteiger partial charge is 0.440 e. The molecule has 1 N–H and O–H groups in total. The summed E-state index contributed by atoms with van der Waals surface area (Å²) in [6.07, 6.45) is -0.105. The molecule has 1 aromatic heterocycles. The average Bonchev–Trinajstić information content (AvgIpc) is 3.33. The van der Waals surface area contributed by atoms with Gasteiger partial charge in [0.25, 0.3) is 0 Å². The van der Waals surface area contributed by atoms with Crippen molar-refractivity contribution in [2.75, 3.05) is 29.2 Å². The van der Waals surface area contributed by atoms with Gasteiger partial charge in [0.15, 0.2) is 17.3 Å².